The van der Waals surface area contributed by atoms with Crippen LogP contribution >= 0.6 is 0 Å². The number of urea groups is 1. The predicted octanol–water partition coefficient (Wildman–Crippen LogP) is 4.10. The summed E-state index contributed by atoms with van der Waals surface area (Å²) in [6, 6.07) is 5.08. The average Bonchev–Trinajstić information content (AvgIpc) is 2.70. The number of carbonyl (C=O) groups is 1. The van der Waals surface area contributed by atoms with E-state index in [-0.39, 0.29) is 5.69 Å². The van der Waals surface area contributed by atoms with Gasteiger partial charge >= 0.3 is 6.03 Å². The molecule has 2 N–H and O–H groups in total. The van der Waals surface area contributed by atoms with Gasteiger partial charge in [0.15, 0.2) is 11.6 Å². The molecular formula is C21H27FN6O. The summed E-state index contributed by atoms with van der Waals surface area (Å²) in [7, 11) is 0. The van der Waals surface area contributed by atoms with E-state index < -0.39 is 11.8 Å². The normalized spacial score (nSPS) is 19.6. The number of carbonyl (C=O) groups excluding carboxylic acids is 1. The number of halogens is 1. The number of piperidine rings is 1. The van der Waals surface area contributed by atoms with Gasteiger partial charge in [0.2, 0.25) is 0 Å². The van der Waals surface area contributed by atoms with Crippen LogP contribution in [0.15, 0.2) is 30.6 Å². The largest absolute Gasteiger partial charge is 0.382 e. The molecule has 1 unspecified atom stereocenters. The van der Waals surface area contributed by atoms with Crippen molar-refractivity contribution in [3.05, 3.63) is 36.4 Å². The summed E-state index contributed by atoms with van der Waals surface area (Å²) in [5.41, 5.74) is 0.937. The minimum absolute atomic E-state index is 0.113. The van der Waals surface area contributed by atoms with Gasteiger partial charge in [-0.15, -0.1) is 0 Å². The zero-order chi connectivity index (χ0) is 20.2. The fourth-order valence-corrected chi connectivity index (χ4v) is 3.94. The highest BCUT2D eigenvalue weighted by Gasteiger charge is 2.25. The van der Waals surface area contributed by atoms with Gasteiger partial charge in [-0.25, -0.2) is 14.2 Å². The van der Waals surface area contributed by atoms with Crippen molar-refractivity contribution >= 4 is 29.0 Å². The Labute approximate surface area is 170 Å². The molecule has 2 amide bonds. The smallest absolute Gasteiger partial charge is 0.327 e. The monoisotopic (exact) mass is 398 g/mol. The third-order valence-corrected chi connectivity index (χ3v) is 5.48. The van der Waals surface area contributed by atoms with E-state index >= 15 is 0 Å². The first-order chi connectivity index (χ1) is 14.1. The second kappa shape index (κ2) is 8.63. The van der Waals surface area contributed by atoms with Crippen LogP contribution in [0.4, 0.5) is 32.2 Å². The molecule has 0 spiro atoms. The molecule has 0 aromatic carbocycles. The van der Waals surface area contributed by atoms with Crippen molar-refractivity contribution in [1.82, 2.24) is 9.97 Å². The van der Waals surface area contributed by atoms with Crippen LogP contribution in [0.1, 0.15) is 32.6 Å². The maximum absolute atomic E-state index is 14.0. The highest BCUT2D eigenvalue weighted by Crippen LogP contribution is 2.31. The van der Waals surface area contributed by atoms with Crippen molar-refractivity contribution in [2.45, 2.75) is 32.6 Å². The number of hydrogen-bond donors (Lipinski definition) is 2. The Hall–Kier alpha value is -2.90. The lowest BCUT2D eigenvalue weighted by atomic mass is 10.0. The zero-order valence-electron chi connectivity index (χ0n) is 16.7. The van der Waals surface area contributed by atoms with E-state index in [0.29, 0.717) is 18.3 Å². The number of nitrogens with one attached hydrogen (secondary N) is 2. The molecule has 2 aliphatic rings. The first kappa shape index (κ1) is 19.4. The van der Waals surface area contributed by atoms with Crippen LogP contribution in [0, 0.1) is 11.7 Å². The topological polar surface area (TPSA) is 73.4 Å². The molecule has 29 heavy (non-hydrogen) atoms. The van der Waals surface area contributed by atoms with Crippen molar-refractivity contribution < 1.29 is 9.18 Å². The van der Waals surface area contributed by atoms with E-state index in [9.17, 15) is 9.18 Å². The van der Waals surface area contributed by atoms with E-state index in [2.05, 4.69) is 27.4 Å². The Morgan fingerprint density at radius 2 is 2.14 bits per heavy atom. The second-order valence-corrected chi connectivity index (χ2v) is 7.81. The van der Waals surface area contributed by atoms with E-state index in [4.69, 9.17) is 4.98 Å². The number of amides is 2. The van der Waals surface area contributed by atoms with Crippen molar-refractivity contribution in [3.63, 3.8) is 0 Å². The fraction of sp³-hybridized carbons (Fsp3) is 0.476. The summed E-state index contributed by atoms with van der Waals surface area (Å²) < 4.78 is 14.0. The first-order valence-electron chi connectivity index (χ1n) is 10.3. The fourth-order valence-electron chi connectivity index (χ4n) is 3.94. The molecule has 1 saturated heterocycles. The molecular weight excluding hydrogens is 371 g/mol. The van der Waals surface area contributed by atoms with Gasteiger partial charge < -0.3 is 15.5 Å². The van der Waals surface area contributed by atoms with Crippen LogP contribution in [0.3, 0.4) is 0 Å². The quantitative estimate of drug-likeness (QED) is 0.797. The van der Waals surface area contributed by atoms with Crippen LogP contribution < -0.4 is 20.4 Å². The lowest BCUT2D eigenvalue weighted by Gasteiger charge is -2.33. The summed E-state index contributed by atoms with van der Waals surface area (Å²) in [4.78, 5) is 25.5. The van der Waals surface area contributed by atoms with Crippen molar-refractivity contribution in [2.75, 3.05) is 46.6 Å². The standard InChI is InChI=1S/C21H27FN6O/c1-15-5-4-11-27(14-15)19-7-6-18-20(26-19)28(12-3-2-9-24-18)21(29)25-17-8-10-23-13-16(17)22/h6-8,10,13,15,24H,2-5,9,11-12,14H2,1H3,(H,23,25,29). The van der Waals surface area contributed by atoms with Crippen LogP contribution in [0.5, 0.6) is 0 Å². The SMILES string of the molecule is CC1CCCN(c2ccc3c(n2)N(C(=O)Nc2ccncc2F)CCCCN3)C1. The number of nitrogens with zero attached hydrogens (tertiary/aromatic N) is 4. The van der Waals surface area contributed by atoms with E-state index in [1.807, 2.05) is 12.1 Å². The molecule has 2 aliphatic heterocycles. The number of rotatable bonds is 2. The van der Waals surface area contributed by atoms with Crippen LogP contribution in [-0.4, -0.2) is 42.2 Å². The van der Waals surface area contributed by atoms with Gasteiger partial charge in [-0.05, 0) is 49.8 Å². The number of anilines is 4. The summed E-state index contributed by atoms with van der Waals surface area (Å²) in [6.07, 6.45) is 6.70. The Kier molecular flexibility index (Phi) is 5.78. The Morgan fingerprint density at radius 1 is 1.24 bits per heavy atom. The molecule has 0 radical (unpaired) electrons. The third-order valence-electron chi connectivity index (χ3n) is 5.48. The molecule has 2 aromatic heterocycles. The Bertz CT molecular complexity index is 876. The molecule has 4 rings (SSSR count). The molecule has 0 bridgehead atoms. The van der Waals surface area contributed by atoms with Crippen molar-refractivity contribution in [1.29, 1.82) is 0 Å². The molecule has 2 aromatic rings. The average molecular weight is 398 g/mol. The maximum atomic E-state index is 14.0. The lowest BCUT2D eigenvalue weighted by Crippen LogP contribution is -2.39. The van der Waals surface area contributed by atoms with Crippen LogP contribution in [-0.2, 0) is 0 Å². The highest BCUT2D eigenvalue weighted by molar-refractivity contribution is 6.03. The van der Waals surface area contributed by atoms with Gasteiger partial charge in [-0.2, -0.15) is 0 Å². The van der Waals surface area contributed by atoms with Crippen molar-refractivity contribution in [2.24, 2.45) is 5.92 Å². The van der Waals surface area contributed by atoms with E-state index in [1.54, 1.807) is 4.90 Å². The number of aromatic nitrogens is 2. The second-order valence-electron chi connectivity index (χ2n) is 7.81. The first-order valence-corrected chi connectivity index (χ1v) is 10.3. The van der Waals surface area contributed by atoms with Gasteiger partial charge in [0.25, 0.3) is 0 Å². The Balaban J connectivity index is 1.63. The summed E-state index contributed by atoms with van der Waals surface area (Å²) in [5, 5.41) is 6.04. The van der Waals surface area contributed by atoms with E-state index in [0.717, 1.165) is 56.6 Å². The van der Waals surface area contributed by atoms with Crippen LogP contribution in [0.25, 0.3) is 0 Å². The number of fused-ring (bicyclic) bond motifs is 1. The van der Waals surface area contributed by atoms with Gasteiger partial charge in [0.05, 0.1) is 17.6 Å². The van der Waals surface area contributed by atoms with Gasteiger partial charge in [-0.1, -0.05) is 6.92 Å². The molecule has 4 heterocycles. The molecule has 0 aliphatic carbocycles. The third kappa shape index (κ3) is 4.41. The number of pyridine rings is 2. The molecule has 0 saturated carbocycles. The van der Waals surface area contributed by atoms with Gasteiger partial charge in [0.1, 0.15) is 5.82 Å². The molecule has 1 atom stereocenters. The van der Waals surface area contributed by atoms with Gasteiger partial charge in [-0.3, -0.25) is 9.88 Å². The maximum Gasteiger partial charge on any atom is 0.327 e. The predicted molar refractivity (Wildman–Crippen MR) is 113 cm³/mol. The molecule has 1 fully saturated rings. The summed E-state index contributed by atoms with van der Waals surface area (Å²) in [6.45, 7) is 5.55. The minimum atomic E-state index is -0.560. The minimum Gasteiger partial charge on any atom is -0.382 e. The summed E-state index contributed by atoms with van der Waals surface area (Å²) in [5.74, 6) is 1.54. The lowest BCUT2D eigenvalue weighted by molar-refractivity contribution is 0.256. The highest BCUT2D eigenvalue weighted by atomic mass is 19.1. The molecule has 7 nitrogen and oxygen atoms in total. The zero-order valence-corrected chi connectivity index (χ0v) is 16.7. The van der Waals surface area contributed by atoms with Crippen LogP contribution in [0.2, 0.25) is 0 Å². The Morgan fingerprint density at radius 3 is 2.97 bits per heavy atom. The molecule has 8 heteroatoms. The van der Waals surface area contributed by atoms with E-state index in [1.165, 1.54) is 18.7 Å². The summed E-state index contributed by atoms with van der Waals surface area (Å²) >= 11 is 0. The number of hydrogen-bond acceptors (Lipinski definition) is 5. The van der Waals surface area contributed by atoms with Crippen molar-refractivity contribution in [3.8, 4) is 0 Å². The van der Waals surface area contributed by atoms with Gasteiger partial charge in [0, 0.05) is 32.4 Å². The molecule has 154 valence electrons.